The van der Waals surface area contributed by atoms with Crippen LogP contribution in [0, 0.1) is 0 Å². The Kier molecular flexibility index (Phi) is 3.35. The van der Waals surface area contributed by atoms with Crippen LogP contribution < -0.4 is 0 Å². The number of hydrogen-bond donors (Lipinski definition) is 1. The molecule has 0 amide bonds. The molecule has 0 aromatic heterocycles. The van der Waals surface area contributed by atoms with Gasteiger partial charge < -0.3 is 5.11 Å². The molecule has 0 aliphatic rings. The molecule has 0 saturated heterocycles. The third-order valence-electron chi connectivity index (χ3n) is 0.650. The maximum absolute atomic E-state index is 9.98. The molecule has 5 heteroatoms. The van der Waals surface area contributed by atoms with E-state index < -0.39 is 12.0 Å². The smallest absolute Gasteiger partial charge is 0.322 e. The van der Waals surface area contributed by atoms with Crippen molar-refractivity contribution in [3.05, 3.63) is 0 Å². The molecule has 0 saturated carbocycles. The van der Waals surface area contributed by atoms with E-state index in [4.69, 9.17) is 16.9 Å². The first-order valence-corrected chi connectivity index (χ1v) is 2.94. The normalized spacial score (nSPS) is 14.0. The van der Waals surface area contributed by atoms with Gasteiger partial charge in [0.1, 0.15) is 6.04 Å². The van der Waals surface area contributed by atoms with Crippen molar-refractivity contribution in [1.29, 1.82) is 0 Å². The van der Waals surface area contributed by atoms with Crippen LogP contribution in [0.1, 0.15) is 6.92 Å². The first-order chi connectivity index (χ1) is 3.55. The summed E-state index contributed by atoms with van der Waals surface area (Å²) in [5.41, 5.74) is 0. The fourth-order valence-electron chi connectivity index (χ4n) is 0.0835. The number of carboxylic acids is 1. The van der Waals surface area contributed by atoms with E-state index in [0.717, 1.165) is 3.45 Å². The molecule has 0 spiro atoms. The van der Waals surface area contributed by atoms with Crippen LogP contribution in [-0.2, 0) is 4.79 Å². The molecule has 0 aromatic carbocycles. The first kappa shape index (κ1) is 8.20. The standard InChI is InChI=1S/C3H5BrClNO2/c1-2(3(7)8)6(4)5/h2H,1H3,(H,7,8). The van der Waals surface area contributed by atoms with Crippen molar-refractivity contribution in [1.82, 2.24) is 3.45 Å². The second-order valence-corrected chi connectivity index (χ2v) is 2.81. The average Bonchev–Trinajstić information content (AvgIpc) is 1.64. The van der Waals surface area contributed by atoms with Crippen LogP contribution in [0.25, 0.3) is 0 Å². The van der Waals surface area contributed by atoms with Crippen molar-refractivity contribution in [3.8, 4) is 0 Å². The van der Waals surface area contributed by atoms with Gasteiger partial charge in [0.05, 0.1) is 0 Å². The van der Waals surface area contributed by atoms with Gasteiger partial charge >= 0.3 is 5.97 Å². The quantitative estimate of drug-likeness (QED) is 0.685. The van der Waals surface area contributed by atoms with Crippen LogP contribution in [0.5, 0.6) is 0 Å². The van der Waals surface area contributed by atoms with Crippen molar-refractivity contribution in [3.63, 3.8) is 0 Å². The van der Waals surface area contributed by atoms with Crippen LogP contribution in [0.15, 0.2) is 0 Å². The van der Waals surface area contributed by atoms with Gasteiger partial charge in [-0.1, -0.05) is 0 Å². The Hall–Kier alpha value is 0.200. The lowest BCUT2D eigenvalue weighted by Crippen LogP contribution is -2.24. The highest BCUT2D eigenvalue weighted by Gasteiger charge is 2.15. The molecule has 0 rings (SSSR count). The van der Waals surface area contributed by atoms with Gasteiger partial charge in [-0.25, -0.2) is 0 Å². The summed E-state index contributed by atoms with van der Waals surface area (Å²) in [4.78, 5) is 9.98. The lowest BCUT2D eigenvalue weighted by molar-refractivity contribution is -0.139. The first-order valence-electron chi connectivity index (χ1n) is 1.89. The molecule has 0 fully saturated rings. The SMILES string of the molecule is CC(C(=O)O)N(Cl)Br. The molecule has 8 heavy (non-hydrogen) atoms. The number of carboxylic acid groups (broad SMARTS) is 1. The van der Waals surface area contributed by atoms with Crippen molar-refractivity contribution in [2.45, 2.75) is 13.0 Å². The highest BCUT2D eigenvalue weighted by Crippen LogP contribution is 2.08. The summed E-state index contributed by atoms with van der Waals surface area (Å²) in [7, 11) is 0. The minimum absolute atomic E-state index is 0.698. The lowest BCUT2D eigenvalue weighted by Gasteiger charge is -2.07. The highest BCUT2D eigenvalue weighted by molar-refractivity contribution is 9.08. The molecular weight excluding hydrogens is 197 g/mol. The van der Waals surface area contributed by atoms with E-state index in [0.29, 0.717) is 0 Å². The second kappa shape index (κ2) is 3.27. The number of rotatable bonds is 2. The summed E-state index contributed by atoms with van der Waals surface area (Å²) >= 11 is 7.95. The molecule has 0 aliphatic carbocycles. The number of nitrogens with zero attached hydrogens (tertiary/aromatic N) is 1. The summed E-state index contributed by atoms with van der Waals surface area (Å²) in [5.74, 6) is -0.961. The molecule has 1 unspecified atom stereocenters. The molecule has 1 atom stereocenters. The summed E-state index contributed by atoms with van der Waals surface area (Å²) in [5, 5.41) is 8.20. The second-order valence-electron chi connectivity index (χ2n) is 1.27. The van der Waals surface area contributed by atoms with Crippen LogP contribution in [-0.4, -0.2) is 20.6 Å². The Labute approximate surface area is 60.7 Å². The fraction of sp³-hybridized carbons (Fsp3) is 0.667. The Bertz CT molecular complexity index is 97.3. The Morgan fingerprint density at radius 2 is 2.38 bits per heavy atom. The van der Waals surface area contributed by atoms with Crippen LogP contribution in [0.3, 0.4) is 0 Å². The van der Waals surface area contributed by atoms with E-state index in [-0.39, 0.29) is 0 Å². The number of aliphatic carboxylic acids is 1. The summed E-state index contributed by atoms with van der Waals surface area (Å²) in [6.45, 7) is 1.46. The topological polar surface area (TPSA) is 40.5 Å². The molecule has 0 radical (unpaired) electrons. The summed E-state index contributed by atoms with van der Waals surface area (Å²) in [6.07, 6.45) is 0. The zero-order valence-electron chi connectivity index (χ0n) is 4.14. The molecule has 1 N–H and O–H groups in total. The zero-order chi connectivity index (χ0) is 6.73. The molecule has 0 heterocycles. The van der Waals surface area contributed by atoms with Crippen molar-refractivity contribution < 1.29 is 9.90 Å². The van der Waals surface area contributed by atoms with E-state index in [2.05, 4.69) is 16.1 Å². The van der Waals surface area contributed by atoms with E-state index in [9.17, 15) is 4.79 Å². The van der Waals surface area contributed by atoms with Gasteiger partial charge in [0.25, 0.3) is 0 Å². The number of halogens is 2. The number of carbonyl (C=O) groups is 1. The van der Waals surface area contributed by atoms with Gasteiger partial charge in [0, 0.05) is 16.1 Å². The highest BCUT2D eigenvalue weighted by atomic mass is 79.9. The molecular formula is C3H5BrClNO2. The minimum Gasteiger partial charge on any atom is -0.480 e. The van der Waals surface area contributed by atoms with Crippen LogP contribution in [0.2, 0.25) is 0 Å². The van der Waals surface area contributed by atoms with Crippen molar-refractivity contribution in [2.75, 3.05) is 0 Å². The van der Waals surface area contributed by atoms with Gasteiger partial charge in [-0.15, -0.1) is 3.45 Å². The zero-order valence-corrected chi connectivity index (χ0v) is 6.48. The van der Waals surface area contributed by atoms with Gasteiger partial charge in [0.2, 0.25) is 0 Å². The van der Waals surface area contributed by atoms with Crippen LogP contribution >= 0.6 is 27.9 Å². The molecule has 0 aromatic rings. The van der Waals surface area contributed by atoms with Gasteiger partial charge in [0.15, 0.2) is 0 Å². The summed E-state index contributed by atoms with van der Waals surface area (Å²) < 4.78 is 0.926. The van der Waals surface area contributed by atoms with Crippen molar-refractivity contribution >= 4 is 33.9 Å². The number of hydrogen-bond acceptors (Lipinski definition) is 2. The molecule has 48 valence electrons. The lowest BCUT2D eigenvalue weighted by atomic mass is 10.4. The largest absolute Gasteiger partial charge is 0.480 e. The van der Waals surface area contributed by atoms with Gasteiger partial charge in [-0.3, -0.25) is 4.79 Å². The minimum atomic E-state index is -0.961. The Morgan fingerprint density at radius 1 is 2.00 bits per heavy atom. The van der Waals surface area contributed by atoms with Crippen molar-refractivity contribution in [2.24, 2.45) is 0 Å². The van der Waals surface area contributed by atoms with E-state index in [1.165, 1.54) is 6.92 Å². The maximum Gasteiger partial charge on any atom is 0.322 e. The third kappa shape index (κ3) is 2.49. The monoisotopic (exact) mass is 201 g/mol. The predicted molar refractivity (Wildman–Crippen MR) is 33.7 cm³/mol. The van der Waals surface area contributed by atoms with Gasteiger partial charge in [-0.2, -0.15) is 0 Å². The molecule has 0 bridgehead atoms. The van der Waals surface area contributed by atoms with E-state index in [1.54, 1.807) is 0 Å². The fourth-order valence-corrected chi connectivity index (χ4v) is 0.342. The molecule has 0 aliphatic heterocycles. The third-order valence-corrected chi connectivity index (χ3v) is 1.56. The molecule has 3 nitrogen and oxygen atoms in total. The average molecular weight is 202 g/mol. The van der Waals surface area contributed by atoms with Gasteiger partial charge in [-0.05, 0) is 18.7 Å². The van der Waals surface area contributed by atoms with E-state index in [1.807, 2.05) is 0 Å². The maximum atomic E-state index is 9.98. The Balaban J connectivity index is 3.64. The van der Waals surface area contributed by atoms with E-state index >= 15 is 0 Å². The van der Waals surface area contributed by atoms with Crippen LogP contribution in [0.4, 0.5) is 0 Å². The summed E-state index contributed by atoms with van der Waals surface area (Å²) in [6, 6.07) is -0.698. The Morgan fingerprint density at radius 3 is 2.38 bits per heavy atom. The predicted octanol–water partition coefficient (Wildman–Crippen LogP) is 1.23.